The predicted octanol–water partition coefficient (Wildman–Crippen LogP) is 4.36. The molecule has 0 saturated carbocycles. The van der Waals surface area contributed by atoms with Crippen molar-refractivity contribution in [3.63, 3.8) is 0 Å². The van der Waals surface area contributed by atoms with E-state index in [1.807, 2.05) is 26.0 Å². The monoisotopic (exact) mass is 339 g/mol. The minimum atomic E-state index is -0.460. The lowest BCUT2D eigenvalue weighted by atomic mass is 9.94. The van der Waals surface area contributed by atoms with Gasteiger partial charge in [-0.25, -0.2) is 9.97 Å². The van der Waals surface area contributed by atoms with E-state index in [0.717, 1.165) is 22.4 Å². The zero-order chi connectivity index (χ0) is 18.5. The van der Waals surface area contributed by atoms with Crippen LogP contribution in [0.4, 0.5) is 11.6 Å². The highest BCUT2D eigenvalue weighted by atomic mass is 15.1. The van der Waals surface area contributed by atoms with Gasteiger partial charge in [-0.3, -0.25) is 0 Å². The lowest BCUT2D eigenvalue weighted by molar-refractivity contribution is 0.944. The molecule has 126 valence electrons. The van der Waals surface area contributed by atoms with Gasteiger partial charge >= 0.3 is 0 Å². The van der Waals surface area contributed by atoms with Gasteiger partial charge in [0.1, 0.15) is 5.92 Å². The van der Waals surface area contributed by atoms with Crippen molar-refractivity contribution in [2.24, 2.45) is 0 Å². The molecular formula is C21H17N5. The molecule has 0 amide bonds. The van der Waals surface area contributed by atoms with Gasteiger partial charge in [0.2, 0.25) is 5.95 Å². The first-order chi connectivity index (χ1) is 12.6. The largest absolute Gasteiger partial charge is 0.324 e. The normalized spacial score (nSPS) is 11.2. The Bertz CT molecular complexity index is 990. The maximum atomic E-state index is 9.69. The summed E-state index contributed by atoms with van der Waals surface area (Å²) in [4.78, 5) is 8.73. The van der Waals surface area contributed by atoms with E-state index in [2.05, 4.69) is 33.5 Å². The van der Waals surface area contributed by atoms with E-state index in [1.54, 1.807) is 36.5 Å². The molecule has 1 unspecified atom stereocenters. The molecule has 1 atom stereocenters. The summed E-state index contributed by atoms with van der Waals surface area (Å²) in [5.41, 5.74) is 5.16. The molecule has 0 bridgehead atoms. The lowest BCUT2D eigenvalue weighted by Gasteiger charge is -2.12. The Morgan fingerprint density at radius 3 is 2.27 bits per heavy atom. The summed E-state index contributed by atoms with van der Waals surface area (Å²) in [5, 5.41) is 21.7. The van der Waals surface area contributed by atoms with Crippen LogP contribution in [0.3, 0.4) is 0 Å². The van der Waals surface area contributed by atoms with Crippen LogP contribution in [-0.4, -0.2) is 9.97 Å². The first-order valence-electron chi connectivity index (χ1n) is 8.17. The van der Waals surface area contributed by atoms with E-state index in [0.29, 0.717) is 17.2 Å². The van der Waals surface area contributed by atoms with Gasteiger partial charge in [-0.05, 0) is 49.7 Å². The van der Waals surface area contributed by atoms with Crippen LogP contribution < -0.4 is 5.32 Å². The average molecular weight is 339 g/mol. The molecule has 0 spiro atoms. The second-order valence-corrected chi connectivity index (χ2v) is 6.10. The van der Waals surface area contributed by atoms with Crippen molar-refractivity contribution in [1.82, 2.24) is 9.97 Å². The number of hydrogen-bond donors (Lipinski definition) is 1. The van der Waals surface area contributed by atoms with Crippen molar-refractivity contribution in [3.8, 4) is 12.1 Å². The minimum absolute atomic E-state index is 0.414. The molecule has 1 heterocycles. The second-order valence-electron chi connectivity index (χ2n) is 6.10. The molecule has 0 aliphatic carbocycles. The number of nitrogens with zero attached hydrogens (tertiary/aromatic N) is 4. The van der Waals surface area contributed by atoms with Gasteiger partial charge in [-0.2, -0.15) is 10.5 Å². The standard InChI is InChI=1S/C21H17N5/c1-14-9-15(2)11-17(10-14)19(13-23)20-7-8-24-21(26-20)25-18-5-3-16(12-22)4-6-18/h3-11,19H,1-2H3,(H,24,25,26). The van der Waals surface area contributed by atoms with Crippen LogP contribution in [-0.2, 0) is 0 Å². The van der Waals surface area contributed by atoms with Crippen LogP contribution in [0.15, 0.2) is 54.7 Å². The van der Waals surface area contributed by atoms with Gasteiger partial charge in [0.05, 0.1) is 23.4 Å². The highest BCUT2D eigenvalue weighted by molar-refractivity contribution is 5.55. The fraction of sp³-hybridized carbons (Fsp3) is 0.143. The number of benzene rings is 2. The zero-order valence-electron chi connectivity index (χ0n) is 14.6. The molecular weight excluding hydrogens is 322 g/mol. The summed E-state index contributed by atoms with van der Waals surface area (Å²) >= 11 is 0. The Labute approximate surface area is 152 Å². The topological polar surface area (TPSA) is 85.4 Å². The Balaban J connectivity index is 1.89. The Hall–Kier alpha value is -3.70. The van der Waals surface area contributed by atoms with Crippen LogP contribution >= 0.6 is 0 Å². The number of rotatable bonds is 4. The Morgan fingerprint density at radius 2 is 1.65 bits per heavy atom. The first kappa shape index (κ1) is 17.1. The number of aromatic nitrogens is 2. The van der Waals surface area contributed by atoms with Crippen LogP contribution in [0.25, 0.3) is 0 Å². The van der Waals surface area contributed by atoms with Crippen molar-refractivity contribution < 1.29 is 0 Å². The van der Waals surface area contributed by atoms with Crippen molar-refractivity contribution in [1.29, 1.82) is 10.5 Å². The fourth-order valence-electron chi connectivity index (χ4n) is 2.84. The molecule has 0 saturated heterocycles. The molecule has 0 fully saturated rings. The van der Waals surface area contributed by atoms with E-state index in [9.17, 15) is 5.26 Å². The third kappa shape index (κ3) is 3.85. The Kier molecular flexibility index (Phi) is 4.92. The molecule has 0 radical (unpaired) electrons. The molecule has 0 aliphatic heterocycles. The fourth-order valence-corrected chi connectivity index (χ4v) is 2.84. The molecule has 0 aliphatic rings. The number of anilines is 2. The van der Waals surface area contributed by atoms with Gasteiger partial charge in [0.25, 0.3) is 0 Å². The Morgan fingerprint density at radius 1 is 0.962 bits per heavy atom. The van der Waals surface area contributed by atoms with E-state index in [1.165, 1.54) is 0 Å². The SMILES string of the molecule is Cc1cc(C)cc(C(C#N)c2ccnc(Nc3ccc(C#N)cc3)n2)c1. The van der Waals surface area contributed by atoms with E-state index >= 15 is 0 Å². The van der Waals surface area contributed by atoms with Crippen LogP contribution in [0, 0.1) is 36.5 Å². The molecule has 1 aromatic heterocycles. The molecule has 1 N–H and O–H groups in total. The first-order valence-corrected chi connectivity index (χ1v) is 8.17. The van der Waals surface area contributed by atoms with Crippen LogP contribution in [0.5, 0.6) is 0 Å². The summed E-state index contributed by atoms with van der Waals surface area (Å²) in [6.45, 7) is 4.03. The van der Waals surface area contributed by atoms with Crippen molar-refractivity contribution in [2.45, 2.75) is 19.8 Å². The van der Waals surface area contributed by atoms with Gasteiger partial charge < -0.3 is 5.32 Å². The van der Waals surface area contributed by atoms with Crippen LogP contribution in [0.1, 0.15) is 33.9 Å². The molecule has 5 nitrogen and oxygen atoms in total. The minimum Gasteiger partial charge on any atom is -0.324 e. The number of aryl methyl sites for hydroxylation is 2. The van der Waals surface area contributed by atoms with Crippen molar-refractivity contribution in [3.05, 3.63) is 82.7 Å². The second kappa shape index (κ2) is 7.46. The average Bonchev–Trinajstić information content (AvgIpc) is 2.63. The summed E-state index contributed by atoms with van der Waals surface area (Å²) in [6.07, 6.45) is 1.64. The van der Waals surface area contributed by atoms with E-state index in [-0.39, 0.29) is 0 Å². The third-order valence-electron chi connectivity index (χ3n) is 3.95. The van der Waals surface area contributed by atoms with E-state index < -0.39 is 5.92 Å². The molecule has 5 heteroatoms. The summed E-state index contributed by atoms with van der Waals surface area (Å²) in [7, 11) is 0. The smallest absolute Gasteiger partial charge is 0.227 e. The van der Waals surface area contributed by atoms with Gasteiger partial charge in [-0.15, -0.1) is 0 Å². The number of nitriles is 2. The van der Waals surface area contributed by atoms with Crippen LogP contribution in [0.2, 0.25) is 0 Å². The van der Waals surface area contributed by atoms with Gasteiger partial charge in [0.15, 0.2) is 0 Å². The van der Waals surface area contributed by atoms with Crippen molar-refractivity contribution >= 4 is 11.6 Å². The van der Waals surface area contributed by atoms with Gasteiger partial charge in [0, 0.05) is 11.9 Å². The number of nitrogens with one attached hydrogen (secondary N) is 1. The highest BCUT2D eigenvalue weighted by Crippen LogP contribution is 2.25. The maximum absolute atomic E-state index is 9.69. The summed E-state index contributed by atoms with van der Waals surface area (Å²) < 4.78 is 0. The van der Waals surface area contributed by atoms with Gasteiger partial charge in [-0.1, -0.05) is 29.3 Å². The summed E-state index contributed by atoms with van der Waals surface area (Å²) in [6, 6.07) is 19.3. The molecule has 2 aromatic carbocycles. The maximum Gasteiger partial charge on any atom is 0.227 e. The molecule has 3 rings (SSSR count). The predicted molar refractivity (Wildman–Crippen MR) is 99.8 cm³/mol. The third-order valence-corrected chi connectivity index (χ3v) is 3.95. The molecule has 26 heavy (non-hydrogen) atoms. The van der Waals surface area contributed by atoms with Crippen molar-refractivity contribution in [2.75, 3.05) is 5.32 Å². The van der Waals surface area contributed by atoms with E-state index in [4.69, 9.17) is 5.26 Å². The quantitative estimate of drug-likeness (QED) is 0.763. The summed E-state index contributed by atoms with van der Waals surface area (Å²) in [5.74, 6) is -0.0463. The molecule has 3 aromatic rings. The zero-order valence-corrected chi connectivity index (χ0v) is 14.6. The number of hydrogen-bond acceptors (Lipinski definition) is 5. The highest BCUT2D eigenvalue weighted by Gasteiger charge is 2.16. The lowest BCUT2D eigenvalue weighted by Crippen LogP contribution is -2.05.